The average molecular weight is 265 g/mol. The summed E-state index contributed by atoms with van der Waals surface area (Å²) >= 11 is 0. The number of fused-ring (bicyclic) bond motifs is 1. The summed E-state index contributed by atoms with van der Waals surface area (Å²) < 4.78 is 24.2. The number of sulfonamides is 1. The Morgan fingerprint density at radius 1 is 1.12 bits per heavy atom. The second-order valence-corrected chi connectivity index (χ2v) is 4.08. The van der Waals surface area contributed by atoms with Gasteiger partial charge in [-0.05, 0) is 4.90 Å². The molecule has 2 rings (SSSR count). The molecule has 1 heterocycles. The summed E-state index contributed by atoms with van der Waals surface area (Å²) in [6, 6.07) is 6.09. The fraction of sp³-hybridized carbons (Fsp3) is 0. The molecule has 80 valence electrons. The molecule has 0 amide bonds. The molecule has 16 heavy (non-hydrogen) atoms. The van der Waals surface area contributed by atoms with Gasteiger partial charge in [0.2, 0.25) is 0 Å². The molecule has 0 spiro atoms. The second-order valence-electron chi connectivity index (χ2n) is 2.43. The Hall–Kier alpha value is 0.880. The zero-order valence-corrected chi connectivity index (χ0v) is 13.8. The van der Waals surface area contributed by atoms with E-state index in [2.05, 4.69) is 0 Å². The third-order valence-electron chi connectivity index (χ3n) is 1.65. The minimum absolute atomic E-state index is 0. The van der Waals surface area contributed by atoms with Gasteiger partial charge >= 0.3 is 59.1 Å². The van der Waals surface area contributed by atoms with Crippen LogP contribution in [0.5, 0.6) is 0 Å². The number of nitrogens with one attached hydrogen (secondary N) is 1. The maximum Gasteiger partial charge on any atom is 1.00 e. The first-order valence-electron chi connectivity index (χ1n) is 3.27. The fourth-order valence-corrected chi connectivity index (χ4v) is 2.29. The molecule has 1 aromatic carbocycles. The van der Waals surface area contributed by atoms with E-state index in [0.29, 0.717) is 0 Å². The molecule has 9 heteroatoms. The molecule has 0 aromatic heterocycles. The summed E-state index contributed by atoms with van der Waals surface area (Å²) in [5.41, 5.74) is 0.220. The van der Waals surface area contributed by atoms with E-state index in [9.17, 15) is 13.5 Å². The van der Waals surface area contributed by atoms with Crippen LogP contribution in [-0.2, 0) is 10.0 Å². The Morgan fingerprint density at radius 2 is 1.62 bits per heavy atom. The van der Waals surface area contributed by atoms with E-state index >= 15 is 0 Å². The summed E-state index contributed by atoms with van der Waals surface area (Å²) in [6.07, 6.45) is -0.550. The van der Waals surface area contributed by atoms with Crippen LogP contribution in [0.3, 0.4) is 0 Å². The Bertz CT molecular complexity index is 425. The van der Waals surface area contributed by atoms with Crippen LogP contribution in [0.25, 0.3) is 0 Å². The van der Waals surface area contributed by atoms with E-state index in [4.69, 9.17) is 0 Å². The van der Waals surface area contributed by atoms with Crippen LogP contribution in [0.4, 0.5) is 0 Å². The monoisotopic (exact) mass is 265 g/mol. The van der Waals surface area contributed by atoms with E-state index < -0.39 is 16.3 Å². The fourth-order valence-electron chi connectivity index (χ4n) is 1.12. The summed E-state index contributed by atoms with van der Waals surface area (Å²) in [6.45, 7) is 0. The Labute approximate surface area is 138 Å². The van der Waals surface area contributed by atoms with Gasteiger partial charge in [-0.3, -0.25) is 4.72 Å². The zero-order valence-electron chi connectivity index (χ0n) is 8.94. The van der Waals surface area contributed by atoms with Crippen molar-refractivity contribution in [2.24, 2.45) is 0 Å². The quantitative estimate of drug-likeness (QED) is 0.369. The Balaban J connectivity index is -0.000000422. The smallest absolute Gasteiger partial charge is 0.879 e. The van der Waals surface area contributed by atoms with Crippen molar-refractivity contribution in [3.05, 3.63) is 36.1 Å². The predicted octanol–water partition coefficient (Wildman–Crippen LogP) is -8.47. The van der Waals surface area contributed by atoms with Crippen molar-refractivity contribution < 1.29 is 83.6 Å². The molecule has 0 saturated heterocycles. The van der Waals surface area contributed by atoms with Crippen molar-refractivity contribution >= 4 is 10.0 Å². The van der Waals surface area contributed by atoms with Gasteiger partial charge in [-0.15, -0.1) is 6.07 Å². The minimum Gasteiger partial charge on any atom is -0.879 e. The van der Waals surface area contributed by atoms with Crippen molar-refractivity contribution in [3.8, 4) is 0 Å². The molecule has 1 aliphatic rings. The van der Waals surface area contributed by atoms with E-state index in [0.717, 1.165) is 0 Å². The molecular weight excluding hydrogens is 256 g/mol. The number of hydrogen-bond donors (Lipinski definition) is 1. The van der Waals surface area contributed by atoms with Crippen LogP contribution < -0.4 is 68.9 Å². The standard InChI is InChI=1S/C7H5NO3S.2Na.2H2O/c9-7-5-3-1-2-4-6(5)12(10,11)8-7;;;;/h1-4,8H;;;2*1H2/q-2;2*+1;;. The van der Waals surface area contributed by atoms with Gasteiger partial charge in [0.1, 0.15) is 0 Å². The van der Waals surface area contributed by atoms with Gasteiger partial charge in [0.05, 0.1) is 0 Å². The number of benzene rings is 1. The second kappa shape index (κ2) is 8.06. The van der Waals surface area contributed by atoms with Crippen LogP contribution in [0.15, 0.2) is 29.2 Å². The summed E-state index contributed by atoms with van der Waals surface area (Å²) in [5.74, 6) is 0. The van der Waals surface area contributed by atoms with Crippen LogP contribution in [-0.4, -0.2) is 19.4 Å². The van der Waals surface area contributed by atoms with Gasteiger partial charge in [-0.2, -0.15) is 11.6 Å². The van der Waals surface area contributed by atoms with Crippen LogP contribution in [0.2, 0.25) is 0 Å². The van der Waals surface area contributed by atoms with Crippen LogP contribution in [0.1, 0.15) is 5.56 Å². The molecule has 0 unspecified atom stereocenters. The van der Waals surface area contributed by atoms with Crippen LogP contribution in [0, 0.1) is 6.23 Å². The maximum atomic E-state index is 11.1. The molecule has 0 atom stereocenters. The Kier molecular flexibility index (Phi) is 11.1. The minimum atomic E-state index is -3.55. The summed E-state index contributed by atoms with van der Waals surface area (Å²) in [5, 5.41) is 11.0. The molecule has 0 bridgehead atoms. The largest absolute Gasteiger partial charge is 1.00 e. The first kappa shape index (κ1) is 22.1. The normalized spacial score (nSPS) is 14.4. The van der Waals surface area contributed by atoms with E-state index in [-0.39, 0.29) is 80.5 Å². The third kappa shape index (κ3) is 3.97. The van der Waals surface area contributed by atoms with Gasteiger partial charge < -0.3 is 16.1 Å². The third-order valence-corrected chi connectivity index (χ3v) is 3.04. The zero-order chi connectivity index (χ0) is 8.77. The molecule has 0 saturated carbocycles. The van der Waals surface area contributed by atoms with E-state index in [1.165, 1.54) is 12.1 Å². The van der Waals surface area contributed by atoms with Crippen molar-refractivity contribution in [3.63, 3.8) is 0 Å². The van der Waals surface area contributed by atoms with E-state index in [1.807, 2.05) is 4.72 Å². The first-order chi connectivity index (χ1) is 5.61. The molecular formula is C7H9NNa2O5S. The van der Waals surface area contributed by atoms with Gasteiger partial charge in [-0.1, -0.05) is 12.1 Å². The molecule has 1 aliphatic heterocycles. The topological polar surface area (TPSA) is 132 Å². The van der Waals surface area contributed by atoms with Crippen molar-refractivity contribution in [2.45, 2.75) is 4.90 Å². The van der Waals surface area contributed by atoms with Crippen molar-refractivity contribution in [2.75, 3.05) is 0 Å². The van der Waals surface area contributed by atoms with E-state index in [1.54, 1.807) is 12.1 Å². The molecule has 5 N–H and O–H groups in total. The maximum absolute atomic E-state index is 11.1. The average Bonchev–Trinajstić information content (AvgIpc) is 2.25. The van der Waals surface area contributed by atoms with Gasteiger partial charge in [0.25, 0.3) is 0 Å². The van der Waals surface area contributed by atoms with Crippen molar-refractivity contribution in [1.82, 2.24) is 4.72 Å². The van der Waals surface area contributed by atoms with Crippen molar-refractivity contribution in [1.29, 1.82) is 0 Å². The van der Waals surface area contributed by atoms with Gasteiger partial charge in [-0.25, -0.2) is 14.6 Å². The molecule has 0 radical (unpaired) electrons. The van der Waals surface area contributed by atoms with Crippen LogP contribution >= 0.6 is 0 Å². The van der Waals surface area contributed by atoms with Gasteiger partial charge in [0, 0.05) is 0 Å². The Morgan fingerprint density at radius 3 is 2.12 bits per heavy atom. The molecule has 1 aromatic rings. The number of rotatable bonds is 0. The SMILES string of the molecule is O.O.O=S1(=O)N[C-]([O-])c2ccccc21.[Na+].[Na+]. The predicted molar refractivity (Wildman–Crippen MR) is 46.3 cm³/mol. The summed E-state index contributed by atoms with van der Waals surface area (Å²) in [4.78, 5) is 0.0648. The molecule has 0 fully saturated rings. The summed E-state index contributed by atoms with van der Waals surface area (Å²) in [7, 11) is -3.55. The number of hydrogen-bond acceptors (Lipinski definition) is 3. The first-order valence-corrected chi connectivity index (χ1v) is 4.76. The molecule has 6 nitrogen and oxygen atoms in total. The molecule has 0 aliphatic carbocycles. The van der Waals surface area contributed by atoms with Gasteiger partial charge in [0.15, 0.2) is 10.0 Å².